The van der Waals surface area contributed by atoms with Gasteiger partial charge in [0.15, 0.2) is 5.82 Å². The van der Waals surface area contributed by atoms with Crippen molar-refractivity contribution in [1.29, 1.82) is 0 Å². The molecule has 2 atom stereocenters. The predicted octanol–water partition coefficient (Wildman–Crippen LogP) is 1.05. The Bertz CT molecular complexity index is 560. The summed E-state index contributed by atoms with van der Waals surface area (Å²) in [6, 6.07) is -0.0520. The number of amides is 2. The summed E-state index contributed by atoms with van der Waals surface area (Å²) in [6.07, 6.45) is 3.40. The summed E-state index contributed by atoms with van der Waals surface area (Å²) in [5.41, 5.74) is 0. The van der Waals surface area contributed by atoms with Crippen LogP contribution in [-0.4, -0.2) is 52.7 Å². The molecule has 0 bridgehead atoms. The average molecular weight is 338 g/mol. The summed E-state index contributed by atoms with van der Waals surface area (Å²) >= 11 is 0. The van der Waals surface area contributed by atoms with Crippen LogP contribution in [0.1, 0.15) is 51.2 Å². The number of aryl methyl sites for hydroxylation is 1. The molecule has 1 aliphatic rings. The van der Waals surface area contributed by atoms with Crippen LogP contribution in [0.2, 0.25) is 0 Å². The first-order valence-corrected chi connectivity index (χ1v) is 8.43. The number of ether oxygens (including phenoxy) is 1. The lowest BCUT2D eigenvalue weighted by Gasteiger charge is -2.40. The van der Waals surface area contributed by atoms with Crippen molar-refractivity contribution in [1.82, 2.24) is 20.4 Å². The predicted molar refractivity (Wildman–Crippen MR) is 86.0 cm³/mol. The smallest absolute Gasteiger partial charge is 0.226 e. The highest BCUT2D eigenvalue weighted by Crippen LogP contribution is 2.23. The van der Waals surface area contributed by atoms with Crippen molar-refractivity contribution in [3.05, 3.63) is 11.7 Å². The van der Waals surface area contributed by atoms with Gasteiger partial charge in [0.2, 0.25) is 17.7 Å². The fourth-order valence-electron chi connectivity index (χ4n) is 3.08. The summed E-state index contributed by atoms with van der Waals surface area (Å²) in [4.78, 5) is 29.8. The van der Waals surface area contributed by atoms with Crippen molar-refractivity contribution in [2.45, 2.75) is 64.6 Å². The highest BCUT2D eigenvalue weighted by molar-refractivity contribution is 5.76. The first-order chi connectivity index (χ1) is 11.5. The van der Waals surface area contributed by atoms with Gasteiger partial charge in [0.1, 0.15) is 0 Å². The van der Waals surface area contributed by atoms with Crippen molar-refractivity contribution in [2.75, 3.05) is 13.7 Å². The number of nitrogens with one attached hydrogen (secondary N) is 1. The van der Waals surface area contributed by atoms with Crippen LogP contribution in [0.15, 0.2) is 4.52 Å². The maximum Gasteiger partial charge on any atom is 0.226 e. The maximum atomic E-state index is 12.1. The van der Waals surface area contributed by atoms with Crippen molar-refractivity contribution in [3.63, 3.8) is 0 Å². The van der Waals surface area contributed by atoms with E-state index in [4.69, 9.17) is 9.26 Å². The van der Waals surface area contributed by atoms with Gasteiger partial charge in [-0.3, -0.25) is 9.59 Å². The number of carbonyl (C=O) groups excluding carboxylic acids is 2. The Morgan fingerprint density at radius 2 is 2.25 bits per heavy atom. The first-order valence-electron chi connectivity index (χ1n) is 8.43. The minimum Gasteiger partial charge on any atom is -0.379 e. The largest absolute Gasteiger partial charge is 0.379 e. The van der Waals surface area contributed by atoms with Gasteiger partial charge in [-0.2, -0.15) is 4.98 Å². The molecule has 8 nitrogen and oxygen atoms in total. The van der Waals surface area contributed by atoms with Gasteiger partial charge in [-0.15, -0.1) is 0 Å². The number of aromatic nitrogens is 2. The summed E-state index contributed by atoms with van der Waals surface area (Å²) in [5, 5.41) is 6.58. The molecule has 2 amide bonds. The van der Waals surface area contributed by atoms with Crippen molar-refractivity contribution in [2.24, 2.45) is 0 Å². The number of likely N-dealkylation sites (tertiary alicyclic amines) is 1. The van der Waals surface area contributed by atoms with Gasteiger partial charge >= 0.3 is 0 Å². The number of nitrogens with zero attached hydrogens (tertiary/aromatic N) is 3. The second-order valence-electron chi connectivity index (χ2n) is 5.97. The third-order valence-electron chi connectivity index (χ3n) is 4.35. The summed E-state index contributed by atoms with van der Waals surface area (Å²) in [6.45, 7) is 4.46. The summed E-state index contributed by atoms with van der Waals surface area (Å²) in [7, 11) is 1.66. The van der Waals surface area contributed by atoms with Crippen LogP contribution in [0.25, 0.3) is 0 Å². The Labute approximate surface area is 141 Å². The van der Waals surface area contributed by atoms with E-state index >= 15 is 0 Å². The molecule has 0 radical (unpaired) electrons. The molecule has 24 heavy (non-hydrogen) atoms. The Morgan fingerprint density at radius 1 is 1.46 bits per heavy atom. The number of piperidine rings is 1. The molecule has 1 N–H and O–H groups in total. The molecule has 0 spiro atoms. The number of methoxy groups -OCH3 is 1. The molecule has 2 rings (SSSR count). The van der Waals surface area contributed by atoms with Gasteiger partial charge in [-0.25, -0.2) is 0 Å². The van der Waals surface area contributed by atoms with Gasteiger partial charge in [-0.05, 0) is 19.3 Å². The molecule has 1 aliphatic heterocycles. The van der Waals surface area contributed by atoms with Gasteiger partial charge < -0.3 is 19.5 Å². The van der Waals surface area contributed by atoms with Crippen LogP contribution >= 0.6 is 0 Å². The van der Waals surface area contributed by atoms with E-state index in [0.717, 1.165) is 19.4 Å². The zero-order valence-corrected chi connectivity index (χ0v) is 14.6. The second kappa shape index (κ2) is 8.77. The highest BCUT2D eigenvalue weighted by atomic mass is 16.5. The van der Waals surface area contributed by atoms with Crippen molar-refractivity contribution in [3.8, 4) is 0 Å². The molecule has 134 valence electrons. The number of carbonyl (C=O) groups is 2. The van der Waals surface area contributed by atoms with E-state index in [9.17, 15) is 9.59 Å². The maximum absolute atomic E-state index is 12.1. The number of hydrogen-bond acceptors (Lipinski definition) is 6. The van der Waals surface area contributed by atoms with Crippen LogP contribution in [-0.2, 0) is 27.3 Å². The van der Waals surface area contributed by atoms with Crippen molar-refractivity contribution < 1.29 is 18.8 Å². The molecule has 1 aromatic heterocycles. The highest BCUT2D eigenvalue weighted by Gasteiger charge is 2.33. The van der Waals surface area contributed by atoms with Crippen molar-refractivity contribution >= 4 is 11.8 Å². The molecule has 8 heteroatoms. The Balaban J connectivity index is 1.82. The molecule has 0 aliphatic carbocycles. The Morgan fingerprint density at radius 3 is 2.88 bits per heavy atom. The van der Waals surface area contributed by atoms with E-state index in [1.807, 2.05) is 11.8 Å². The molecule has 1 fully saturated rings. The van der Waals surface area contributed by atoms with E-state index in [2.05, 4.69) is 15.5 Å². The Kier molecular flexibility index (Phi) is 6.72. The van der Waals surface area contributed by atoms with Crippen LogP contribution < -0.4 is 5.32 Å². The standard InChI is InChI=1S/C16H26N4O4/c1-4-16-18-14(19-24-16)10-17-15(22)8-7-12-13(23-3)6-5-9-20(12)11(2)21/h12-13H,4-10H2,1-3H3,(H,17,22)/t12-,13-/m0/s1. The van der Waals surface area contributed by atoms with Gasteiger partial charge in [0, 0.05) is 33.4 Å². The number of rotatable bonds is 7. The zero-order valence-electron chi connectivity index (χ0n) is 14.6. The SMILES string of the molecule is CCc1nc(CNC(=O)CC[C@H]2[C@@H](OC)CCCN2C(C)=O)no1. The van der Waals surface area contributed by atoms with E-state index < -0.39 is 0 Å². The average Bonchev–Trinajstić information content (AvgIpc) is 3.05. The second-order valence-corrected chi connectivity index (χ2v) is 5.97. The summed E-state index contributed by atoms with van der Waals surface area (Å²) < 4.78 is 10.5. The first kappa shape index (κ1) is 18.4. The molecular formula is C16H26N4O4. The van der Waals surface area contributed by atoms with Crippen LogP contribution in [0.5, 0.6) is 0 Å². The van der Waals surface area contributed by atoms with Gasteiger partial charge in [0.05, 0.1) is 18.7 Å². The molecule has 0 saturated carbocycles. The lowest BCUT2D eigenvalue weighted by atomic mass is 9.94. The number of hydrogen-bond donors (Lipinski definition) is 1. The van der Waals surface area contributed by atoms with Gasteiger partial charge in [0.25, 0.3) is 0 Å². The van der Waals surface area contributed by atoms with Gasteiger partial charge in [-0.1, -0.05) is 12.1 Å². The molecule has 1 saturated heterocycles. The minimum atomic E-state index is -0.0956. The molecule has 0 aromatic carbocycles. The summed E-state index contributed by atoms with van der Waals surface area (Å²) in [5.74, 6) is 0.960. The lowest BCUT2D eigenvalue weighted by Crippen LogP contribution is -2.51. The zero-order chi connectivity index (χ0) is 17.5. The Hall–Kier alpha value is -1.96. The minimum absolute atomic E-state index is 0.0141. The van der Waals surface area contributed by atoms with E-state index in [1.54, 1.807) is 14.0 Å². The monoisotopic (exact) mass is 338 g/mol. The molecule has 2 heterocycles. The van der Waals surface area contributed by atoms with E-state index in [0.29, 0.717) is 31.0 Å². The quantitative estimate of drug-likeness (QED) is 0.798. The molecule has 1 aromatic rings. The van der Waals surface area contributed by atoms with Crippen LogP contribution in [0, 0.1) is 0 Å². The molecular weight excluding hydrogens is 312 g/mol. The normalized spacial score (nSPS) is 20.9. The third kappa shape index (κ3) is 4.77. The molecule has 0 unspecified atom stereocenters. The third-order valence-corrected chi connectivity index (χ3v) is 4.35. The van der Waals surface area contributed by atoms with E-state index in [-0.39, 0.29) is 30.5 Å². The van der Waals surface area contributed by atoms with Crippen LogP contribution in [0.3, 0.4) is 0 Å². The topological polar surface area (TPSA) is 97.6 Å². The van der Waals surface area contributed by atoms with Crippen LogP contribution in [0.4, 0.5) is 0 Å². The fourth-order valence-corrected chi connectivity index (χ4v) is 3.08. The lowest BCUT2D eigenvalue weighted by molar-refractivity contribution is -0.138. The fraction of sp³-hybridized carbons (Fsp3) is 0.750. The van der Waals surface area contributed by atoms with E-state index in [1.165, 1.54) is 0 Å².